The van der Waals surface area contributed by atoms with Crippen LogP contribution in [0, 0.1) is 5.92 Å². The fourth-order valence-electron chi connectivity index (χ4n) is 4.30. The van der Waals surface area contributed by atoms with Gasteiger partial charge < -0.3 is 20.3 Å². The summed E-state index contributed by atoms with van der Waals surface area (Å²) in [6.07, 6.45) is 5.16. The summed E-state index contributed by atoms with van der Waals surface area (Å²) in [6.45, 7) is 5.67. The summed E-state index contributed by atoms with van der Waals surface area (Å²) >= 11 is 0. The zero-order chi connectivity index (χ0) is 19.3. The fraction of sp³-hybridized carbons (Fsp3) is 0.524. The van der Waals surface area contributed by atoms with Crippen molar-refractivity contribution < 1.29 is 9.53 Å². The smallest absolute Gasteiger partial charge is 0.260 e. The van der Waals surface area contributed by atoms with Gasteiger partial charge in [-0.2, -0.15) is 5.10 Å². The van der Waals surface area contributed by atoms with Gasteiger partial charge in [0, 0.05) is 25.7 Å². The third-order valence-corrected chi connectivity index (χ3v) is 5.85. The van der Waals surface area contributed by atoms with E-state index in [0.717, 1.165) is 50.8 Å². The van der Waals surface area contributed by atoms with E-state index in [-0.39, 0.29) is 5.91 Å². The van der Waals surface area contributed by atoms with Gasteiger partial charge in [0.2, 0.25) is 0 Å². The number of ether oxygens (including phenoxy) is 1. The predicted octanol–water partition coefficient (Wildman–Crippen LogP) is 2.39. The topological polar surface area (TPSA) is 71.4 Å². The van der Waals surface area contributed by atoms with Crippen molar-refractivity contribution in [3.63, 3.8) is 0 Å². The van der Waals surface area contributed by atoms with Crippen molar-refractivity contribution >= 4 is 11.7 Å². The number of amides is 1. The maximum absolute atomic E-state index is 12.7. The van der Waals surface area contributed by atoms with Crippen molar-refractivity contribution in [2.24, 2.45) is 5.92 Å². The molecular formula is C21H29N5O2. The van der Waals surface area contributed by atoms with Gasteiger partial charge >= 0.3 is 0 Å². The number of likely N-dealkylation sites (tertiary alicyclic amines) is 1. The van der Waals surface area contributed by atoms with Crippen LogP contribution in [0.1, 0.15) is 35.7 Å². The van der Waals surface area contributed by atoms with Crippen LogP contribution in [0.3, 0.4) is 0 Å². The first-order valence-corrected chi connectivity index (χ1v) is 10.2. The highest BCUT2D eigenvalue weighted by molar-refractivity contribution is 6.05. The van der Waals surface area contributed by atoms with Gasteiger partial charge in [-0.25, -0.2) is 4.68 Å². The molecule has 0 saturated carbocycles. The van der Waals surface area contributed by atoms with Crippen LogP contribution in [-0.2, 0) is 0 Å². The number of para-hydroxylation sites is 1. The van der Waals surface area contributed by atoms with Gasteiger partial charge in [0.05, 0.1) is 24.9 Å². The van der Waals surface area contributed by atoms with E-state index in [1.165, 1.54) is 13.0 Å². The Morgan fingerprint density at radius 1 is 1.25 bits per heavy atom. The van der Waals surface area contributed by atoms with Crippen molar-refractivity contribution in [2.75, 3.05) is 45.2 Å². The van der Waals surface area contributed by atoms with Crippen LogP contribution >= 0.6 is 0 Å². The second kappa shape index (κ2) is 8.75. The maximum Gasteiger partial charge on any atom is 0.260 e. The van der Waals surface area contributed by atoms with Crippen LogP contribution in [0.25, 0.3) is 0 Å². The van der Waals surface area contributed by atoms with E-state index < -0.39 is 0 Å². The quantitative estimate of drug-likeness (QED) is 0.801. The third-order valence-electron chi connectivity index (χ3n) is 5.85. The summed E-state index contributed by atoms with van der Waals surface area (Å²) in [5.41, 5.74) is 0.526. The molecule has 2 aliphatic heterocycles. The largest absolute Gasteiger partial charge is 0.496 e. The number of anilines is 1. The molecule has 7 heteroatoms. The minimum absolute atomic E-state index is 0.176. The average molecular weight is 383 g/mol. The summed E-state index contributed by atoms with van der Waals surface area (Å²) < 4.78 is 7.28. The molecule has 0 unspecified atom stereocenters. The molecule has 7 nitrogen and oxygen atoms in total. The molecule has 2 fully saturated rings. The summed E-state index contributed by atoms with van der Waals surface area (Å²) in [4.78, 5) is 15.3. The lowest BCUT2D eigenvalue weighted by molar-refractivity contribution is 0.102. The second-order valence-electron chi connectivity index (χ2n) is 7.71. The van der Waals surface area contributed by atoms with E-state index in [4.69, 9.17) is 4.74 Å². The van der Waals surface area contributed by atoms with Crippen LogP contribution < -0.4 is 15.4 Å². The molecule has 2 saturated heterocycles. The molecule has 2 N–H and O–H groups in total. The summed E-state index contributed by atoms with van der Waals surface area (Å²) in [5, 5.41) is 11.0. The number of hydrogen-bond donors (Lipinski definition) is 2. The molecular weight excluding hydrogens is 354 g/mol. The third kappa shape index (κ3) is 4.20. The van der Waals surface area contributed by atoms with Gasteiger partial charge in [-0.3, -0.25) is 4.79 Å². The highest BCUT2D eigenvalue weighted by atomic mass is 16.5. The number of nitrogens with zero attached hydrogens (tertiary/aromatic N) is 3. The number of carbonyl (C=O) groups excluding carboxylic acids is 1. The van der Waals surface area contributed by atoms with Gasteiger partial charge in [0.1, 0.15) is 11.6 Å². The van der Waals surface area contributed by atoms with Crippen LogP contribution in [0.5, 0.6) is 5.75 Å². The standard InChI is InChI=1S/C21H29N5O2/c1-28-19-5-3-2-4-18(19)21(27)24-20-7-11-23-26(20)17-8-12-25(13-9-17)15-16-6-10-22-14-16/h2-5,7,11,16-17,22H,6,8-10,12-15H2,1H3,(H,24,27)/t16-/m0/s1. The SMILES string of the molecule is COc1ccccc1C(=O)Nc1ccnn1C1CCN(C[C@H]2CCNC2)CC1. The molecule has 1 aromatic carbocycles. The summed E-state index contributed by atoms with van der Waals surface area (Å²) in [7, 11) is 1.58. The molecule has 1 amide bonds. The summed E-state index contributed by atoms with van der Waals surface area (Å²) in [5.74, 6) is 1.93. The molecule has 2 aliphatic rings. The number of aromatic nitrogens is 2. The summed E-state index contributed by atoms with van der Waals surface area (Å²) in [6, 6.07) is 9.44. The fourth-order valence-corrected chi connectivity index (χ4v) is 4.30. The first-order valence-electron chi connectivity index (χ1n) is 10.2. The highest BCUT2D eigenvalue weighted by Gasteiger charge is 2.26. The maximum atomic E-state index is 12.7. The Kier molecular flexibility index (Phi) is 5.92. The average Bonchev–Trinajstić information content (AvgIpc) is 3.41. The van der Waals surface area contributed by atoms with Crippen LogP contribution in [-0.4, -0.2) is 60.4 Å². The lowest BCUT2D eigenvalue weighted by Crippen LogP contribution is -2.38. The molecule has 28 heavy (non-hydrogen) atoms. The minimum Gasteiger partial charge on any atom is -0.496 e. The molecule has 150 valence electrons. The Morgan fingerprint density at radius 3 is 2.82 bits per heavy atom. The van der Waals surface area contributed by atoms with Crippen molar-refractivity contribution in [2.45, 2.75) is 25.3 Å². The van der Waals surface area contributed by atoms with E-state index in [9.17, 15) is 4.79 Å². The Labute approximate surface area is 166 Å². The normalized spacial score (nSPS) is 21.0. The van der Waals surface area contributed by atoms with Crippen molar-refractivity contribution in [1.82, 2.24) is 20.0 Å². The van der Waals surface area contributed by atoms with Crippen molar-refractivity contribution in [1.29, 1.82) is 0 Å². The number of carbonyl (C=O) groups is 1. The number of benzene rings is 1. The molecule has 0 aliphatic carbocycles. The number of nitrogens with one attached hydrogen (secondary N) is 2. The van der Waals surface area contributed by atoms with Gasteiger partial charge in [-0.15, -0.1) is 0 Å². The molecule has 0 spiro atoms. The van der Waals surface area contributed by atoms with Crippen LogP contribution in [0.15, 0.2) is 36.5 Å². The molecule has 4 rings (SSSR count). The highest BCUT2D eigenvalue weighted by Crippen LogP contribution is 2.27. The van der Waals surface area contributed by atoms with Crippen LogP contribution in [0.4, 0.5) is 5.82 Å². The van der Waals surface area contributed by atoms with E-state index in [1.807, 2.05) is 22.9 Å². The van der Waals surface area contributed by atoms with Gasteiger partial charge in [-0.1, -0.05) is 12.1 Å². The van der Waals surface area contributed by atoms with E-state index >= 15 is 0 Å². The molecule has 0 bridgehead atoms. The first kappa shape index (κ1) is 19.0. The first-order chi connectivity index (χ1) is 13.7. The molecule has 1 aromatic heterocycles. The molecule has 1 atom stereocenters. The lowest BCUT2D eigenvalue weighted by atomic mass is 10.0. The monoisotopic (exact) mass is 383 g/mol. The number of hydrogen-bond acceptors (Lipinski definition) is 5. The minimum atomic E-state index is -0.176. The van der Waals surface area contributed by atoms with Gasteiger partial charge in [-0.05, 0) is 50.4 Å². The van der Waals surface area contributed by atoms with Crippen molar-refractivity contribution in [3.8, 4) is 5.75 Å². The predicted molar refractivity (Wildman–Crippen MR) is 109 cm³/mol. The number of methoxy groups -OCH3 is 1. The Hall–Kier alpha value is -2.38. The molecule has 3 heterocycles. The van der Waals surface area contributed by atoms with Gasteiger partial charge in [0.15, 0.2) is 0 Å². The van der Waals surface area contributed by atoms with E-state index in [0.29, 0.717) is 17.4 Å². The van der Waals surface area contributed by atoms with E-state index in [1.54, 1.807) is 25.4 Å². The van der Waals surface area contributed by atoms with Crippen molar-refractivity contribution in [3.05, 3.63) is 42.1 Å². The van der Waals surface area contributed by atoms with E-state index in [2.05, 4.69) is 20.6 Å². The number of rotatable bonds is 6. The Balaban J connectivity index is 1.37. The molecule has 2 aromatic rings. The zero-order valence-corrected chi connectivity index (χ0v) is 16.4. The Morgan fingerprint density at radius 2 is 2.07 bits per heavy atom. The second-order valence-corrected chi connectivity index (χ2v) is 7.71. The Bertz CT molecular complexity index is 792. The number of piperidine rings is 1. The van der Waals surface area contributed by atoms with Crippen LogP contribution in [0.2, 0.25) is 0 Å². The molecule has 0 radical (unpaired) electrons. The lowest BCUT2D eigenvalue weighted by Gasteiger charge is -2.34. The van der Waals surface area contributed by atoms with Gasteiger partial charge in [0.25, 0.3) is 5.91 Å². The zero-order valence-electron chi connectivity index (χ0n) is 16.4.